The first-order chi connectivity index (χ1) is 38.4. The monoisotopic (exact) mass is 1370 g/mol. The molecule has 14 nitrogen and oxygen atoms in total. The molecule has 0 amide bonds. The Kier molecular flexibility index (Phi) is 30.0. The predicted octanol–water partition coefficient (Wildman–Crippen LogP) is 13.9. The average molecular weight is 1370 g/mol. The van der Waals surface area contributed by atoms with E-state index in [1.165, 1.54) is 7.11 Å². The van der Waals surface area contributed by atoms with Crippen molar-refractivity contribution in [3.8, 4) is 0 Å². The number of hydrogen-bond donors (Lipinski definition) is 0. The number of methoxy groups -OCH3 is 1. The fourth-order valence-electron chi connectivity index (χ4n) is 14.0. The van der Waals surface area contributed by atoms with Crippen molar-refractivity contribution in [3.63, 3.8) is 0 Å². The van der Waals surface area contributed by atoms with Crippen LogP contribution in [0.4, 0.5) is 0 Å². The maximum absolute atomic E-state index is 11.4. The number of carbonyl (C=O) groups excluding carboxylic acids is 3. The van der Waals surface area contributed by atoms with E-state index in [0.717, 1.165) is 70.4 Å². The van der Waals surface area contributed by atoms with E-state index in [9.17, 15) is 14.4 Å². The summed E-state index contributed by atoms with van der Waals surface area (Å²) in [5, 5.41) is 0. The zero-order valence-electron chi connectivity index (χ0n) is 52.8. The molecule has 0 bridgehead atoms. The van der Waals surface area contributed by atoms with Gasteiger partial charge in [-0.2, -0.15) is 0 Å². The van der Waals surface area contributed by atoms with Gasteiger partial charge >= 0.3 is 5.97 Å². The summed E-state index contributed by atoms with van der Waals surface area (Å²) in [7, 11) is 1.40. The summed E-state index contributed by atoms with van der Waals surface area (Å²) in [5.74, 6) is 3.92. The Morgan fingerprint density at radius 3 is 1.06 bits per heavy atom. The van der Waals surface area contributed by atoms with Crippen LogP contribution < -0.4 is 0 Å². The van der Waals surface area contributed by atoms with Gasteiger partial charge in [0.1, 0.15) is 12.6 Å². The fraction of sp³-hybridized carbons (Fsp3) is 0.892. The number of rotatable bonds is 15. The smallest absolute Gasteiger partial charge is 0.308 e. The first-order valence-electron chi connectivity index (χ1n) is 31.5. The zero-order valence-corrected chi connectivity index (χ0v) is 57.1. The third-order valence-electron chi connectivity index (χ3n) is 19.7. The second-order valence-corrected chi connectivity index (χ2v) is 27.6. The lowest BCUT2D eigenvalue weighted by molar-refractivity contribution is -0.287. The van der Waals surface area contributed by atoms with E-state index in [1.54, 1.807) is 0 Å². The number of halogens is 2. The highest BCUT2D eigenvalue weighted by Crippen LogP contribution is 2.45. The van der Waals surface area contributed by atoms with Crippen molar-refractivity contribution in [1.29, 1.82) is 0 Å². The van der Waals surface area contributed by atoms with E-state index >= 15 is 0 Å². The van der Waals surface area contributed by atoms with Crippen LogP contribution in [-0.2, 0) is 66.5 Å². The Morgan fingerprint density at radius 1 is 0.444 bits per heavy atom. The van der Waals surface area contributed by atoms with Gasteiger partial charge in [-0.05, 0) is 128 Å². The van der Waals surface area contributed by atoms with E-state index in [1.807, 2.05) is 27.7 Å². The number of aldehydes is 2. The molecule has 0 aromatic heterocycles. The van der Waals surface area contributed by atoms with Gasteiger partial charge in [0.05, 0.1) is 111 Å². The first kappa shape index (κ1) is 71.1. The molecule has 0 aromatic rings. The summed E-state index contributed by atoms with van der Waals surface area (Å²) in [4.78, 5) is 33.5. The SMILES string of the molecule is CC(C)O[C@@H]1CC[C@@H]2O[C@@H]([C@@H](C)/C=C/I)[C@@H](C)[C@@H](C)[C@H]2O1.CC(C)O[C@@H]1CC[C@@H]2O[C@@H]([C@@H](C)C=O)[C@@H](C)[C@@H](C)[C@H]2O1.CC[C@H]1CC[C@@H]2O[C@@H]([C@@H](C)/C=C/I)[C@@H](C)[C@@H](C)[C@H]2O1.COC(=O)C[C@H]1CC[C@@H]2O[C@@H]([C@@H](C)C=O)[C@@H](C)[C@@H](C)[C@H]2O1. The van der Waals surface area contributed by atoms with Gasteiger partial charge in [0.2, 0.25) is 0 Å². The molecule has 8 aliphatic heterocycles. The van der Waals surface area contributed by atoms with E-state index in [2.05, 4.69) is 156 Å². The molecular formula is C65H110I2O14. The molecule has 8 aliphatic rings. The van der Waals surface area contributed by atoms with Gasteiger partial charge in [0, 0.05) is 36.5 Å². The summed E-state index contributed by atoms with van der Waals surface area (Å²) in [5.41, 5.74) is 0. The lowest BCUT2D eigenvalue weighted by atomic mass is 9.75. The molecule has 81 heavy (non-hydrogen) atoms. The van der Waals surface area contributed by atoms with Crippen LogP contribution in [-0.4, -0.2) is 136 Å². The summed E-state index contributed by atoms with van der Waals surface area (Å²) in [6, 6.07) is 0. The van der Waals surface area contributed by atoms with Crippen LogP contribution in [0.1, 0.15) is 182 Å². The van der Waals surface area contributed by atoms with E-state index in [-0.39, 0.29) is 103 Å². The summed E-state index contributed by atoms with van der Waals surface area (Å²) >= 11 is 4.58. The van der Waals surface area contributed by atoms with Gasteiger partial charge in [-0.3, -0.25) is 4.79 Å². The maximum Gasteiger partial charge on any atom is 0.308 e. The molecule has 0 aliphatic carbocycles. The zero-order chi connectivity index (χ0) is 60.0. The fourth-order valence-corrected chi connectivity index (χ4v) is 15.4. The minimum absolute atomic E-state index is 0.00138. The van der Waals surface area contributed by atoms with Crippen molar-refractivity contribution in [2.75, 3.05) is 7.11 Å². The van der Waals surface area contributed by atoms with E-state index in [4.69, 9.17) is 52.1 Å². The molecule has 468 valence electrons. The van der Waals surface area contributed by atoms with Gasteiger partial charge in [-0.25, -0.2) is 0 Å². The molecule has 0 aromatic carbocycles. The van der Waals surface area contributed by atoms with Crippen molar-refractivity contribution >= 4 is 63.7 Å². The number of carbonyl (C=O) groups is 3. The third-order valence-corrected chi connectivity index (χ3v) is 20.5. The highest BCUT2D eigenvalue weighted by molar-refractivity contribution is 14.1. The molecule has 0 unspecified atom stereocenters. The Morgan fingerprint density at radius 2 is 0.753 bits per heavy atom. The number of ether oxygens (including phenoxy) is 11. The van der Waals surface area contributed by atoms with Crippen LogP contribution in [0.15, 0.2) is 20.3 Å². The normalized spacial score (nSPS) is 42.8. The topological polar surface area (TPSA) is 153 Å². The predicted molar refractivity (Wildman–Crippen MR) is 334 cm³/mol. The van der Waals surface area contributed by atoms with Crippen molar-refractivity contribution in [1.82, 2.24) is 0 Å². The third kappa shape index (κ3) is 19.2. The highest BCUT2D eigenvalue weighted by atomic mass is 127. The Balaban J connectivity index is 0.000000198. The van der Waals surface area contributed by atoms with Crippen molar-refractivity contribution in [3.05, 3.63) is 20.3 Å². The molecule has 0 spiro atoms. The Labute approximate surface area is 517 Å². The lowest BCUT2D eigenvalue weighted by Gasteiger charge is -2.49. The maximum atomic E-state index is 11.4. The minimum Gasteiger partial charge on any atom is -0.469 e. The van der Waals surface area contributed by atoms with Crippen LogP contribution in [0.3, 0.4) is 0 Å². The molecule has 16 heteroatoms. The van der Waals surface area contributed by atoms with Crippen LogP contribution in [0, 0.1) is 71.0 Å². The first-order valence-corrected chi connectivity index (χ1v) is 34.0. The molecule has 8 heterocycles. The summed E-state index contributed by atoms with van der Waals surface area (Å²) in [6.45, 7) is 36.6. The summed E-state index contributed by atoms with van der Waals surface area (Å²) in [6.07, 6.45) is 18.0. The molecule has 8 fully saturated rings. The van der Waals surface area contributed by atoms with Crippen LogP contribution >= 0.6 is 45.2 Å². The van der Waals surface area contributed by atoms with Crippen molar-refractivity contribution in [2.45, 2.75) is 292 Å². The Bertz CT molecular complexity index is 1920. The summed E-state index contributed by atoms with van der Waals surface area (Å²) < 4.78 is 70.3. The van der Waals surface area contributed by atoms with Crippen LogP contribution in [0.5, 0.6) is 0 Å². The standard InChI is InChI=1S/C17H29IO3.C16H27IO2.C16H26O5.C16H28O4/c1-10(2)19-15-7-6-14-17(21-15)13(5)12(4)16(20-14)11(3)8-9-18;1-5-13-6-7-14-16(18-13)12(4)11(3)15(19-14)10(2)8-9-17;1-9(8-17)15-10(2)11(3)16-13(21-15)6-5-12(20-16)7-14(18)19-4;1-9(2)18-14-7-6-13-16(20-14)12(5)11(4)15(19-13)10(3)8-17/h8-17H,6-7H2,1-5H3;8-16H,5-7H2,1-4H3;8-13,15-16H,5-7H2,1-4H3;8-16H,6-7H2,1-5H3/b2*9-8+;;/t11-,12-,13+,14-,15-,16-,17+;10-,11-,12+,13-,14-,15-,16+;9-,10-,11+,12+,13-,15-,16+;10-,11-,12+,13-,14-,15-,16+/m0000/s1. The number of fused-ring (bicyclic) bond motifs is 4. The largest absolute Gasteiger partial charge is 0.469 e. The second-order valence-electron chi connectivity index (χ2n) is 26.1. The quantitative estimate of drug-likeness (QED) is 0.0868. The van der Waals surface area contributed by atoms with Crippen LogP contribution in [0.2, 0.25) is 0 Å². The second kappa shape index (κ2) is 34.2. The average Bonchev–Trinajstić information content (AvgIpc) is 3.56. The van der Waals surface area contributed by atoms with Crippen LogP contribution in [0.25, 0.3) is 0 Å². The lowest BCUT2D eigenvalue weighted by Crippen LogP contribution is -2.56. The molecule has 0 radical (unpaired) electrons. The molecule has 8 rings (SSSR count). The Hall–Kier alpha value is -0.650. The molecule has 0 N–H and O–H groups in total. The number of hydrogen-bond acceptors (Lipinski definition) is 14. The van der Waals surface area contributed by atoms with Gasteiger partial charge in [0.25, 0.3) is 0 Å². The van der Waals surface area contributed by atoms with Gasteiger partial charge in [-0.15, -0.1) is 0 Å². The highest BCUT2D eigenvalue weighted by Gasteiger charge is 2.50. The van der Waals surface area contributed by atoms with Gasteiger partial charge in [0.15, 0.2) is 12.6 Å². The molecule has 0 saturated carbocycles. The van der Waals surface area contributed by atoms with Crippen molar-refractivity contribution in [2.24, 2.45) is 71.0 Å². The molecule has 8 saturated heterocycles. The van der Waals surface area contributed by atoms with E-state index < -0.39 is 0 Å². The number of esters is 1. The molecule has 28 atom stereocenters. The molecular weight excluding hydrogens is 1260 g/mol. The minimum atomic E-state index is -0.233. The van der Waals surface area contributed by atoms with Gasteiger partial charge < -0.3 is 61.7 Å². The van der Waals surface area contributed by atoms with E-state index in [0.29, 0.717) is 90.2 Å². The van der Waals surface area contributed by atoms with Gasteiger partial charge in [-0.1, -0.05) is 147 Å². The van der Waals surface area contributed by atoms with Crippen molar-refractivity contribution < 1.29 is 66.5 Å².